The molecule has 5 rings (SSSR count). The topological polar surface area (TPSA) is 69.3 Å². The van der Waals surface area contributed by atoms with Gasteiger partial charge in [-0.3, -0.25) is 14.2 Å². The Bertz CT molecular complexity index is 1890. The Morgan fingerprint density at radius 2 is 1.79 bits per heavy atom. The van der Waals surface area contributed by atoms with Gasteiger partial charge in [-0.05, 0) is 66.8 Å². The van der Waals surface area contributed by atoms with Crippen molar-refractivity contribution in [2.24, 2.45) is 0 Å². The number of rotatable bonds is 5. The molecule has 220 valence electrons. The van der Waals surface area contributed by atoms with Crippen molar-refractivity contribution < 1.29 is 4.79 Å². The SMILES string of the molecule is C=CC(=O)N1CCN(c2c(C#N)c(=O)n(-c3ccccc3C(C)C)c3cc(-c4ccc(Cl)c(Cl)c4C)c(Cl)cc23)[C@@H](C)C1. The second kappa shape index (κ2) is 12.1. The number of fused-ring (bicyclic) bond motifs is 1. The molecule has 0 bridgehead atoms. The van der Waals surface area contributed by atoms with E-state index in [2.05, 4.69) is 26.5 Å². The highest BCUT2D eigenvalue weighted by molar-refractivity contribution is 6.43. The van der Waals surface area contributed by atoms with Crippen LogP contribution in [0.3, 0.4) is 0 Å². The van der Waals surface area contributed by atoms with Gasteiger partial charge in [0, 0.05) is 41.6 Å². The molecule has 1 amide bonds. The number of amides is 1. The van der Waals surface area contributed by atoms with Crippen LogP contribution < -0.4 is 10.5 Å². The molecular formula is C34H31Cl3N4O2. The van der Waals surface area contributed by atoms with Gasteiger partial charge in [0.2, 0.25) is 5.91 Å². The number of benzene rings is 3. The lowest BCUT2D eigenvalue weighted by Gasteiger charge is -2.41. The highest BCUT2D eigenvalue weighted by Gasteiger charge is 2.31. The maximum Gasteiger partial charge on any atom is 0.275 e. The molecule has 0 saturated carbocycles. The summed E-state index contributed by atoms with van der Waals surface area (Å²) in [5.41, 5.74) is 4.62. The van der Waals surface area contributed by atoms with E-state index in [4.69, 9.17) is 34.8 Å². The van der Waals surface area contributed by atoms with Gasteiger partial charge in [0.15, 0.2) is 0 Å². The number of halogens is 3. The first kappa shape index (κ1) is 30.7. The molecule has 0 aliphatic carbocycles. The summed E-state index contributed by atoms with van der Waals surface area (Å²) in [6.45, 7) is 12.9. The van der Waals surface area contributed by atoms with Crippen LogP contribution in [0.2, 0.25) is 15.1 Å². The van der Waals surface area contributed by atoms with Crippen LogP contribution >= 0.6 is 34.8 Å². The van der Waals surface area contributed by atoms with Crippen molar-refractivity contribution in [1.82, 2.24) is 9.47 Å². The molecule has 1 aliphatic rings. The first-order chi connectivity index (χ1) is 20.5. The lowest BCUT2D eigenvalue weighted by atomic mass is 9.96. The predicted molar refractivity (Wildman–Crippen MR) is 177 cm³/mol. The van der Waals surface area contributed by atoms with Crippen LogP contribution in [0.1, 0.15) is 43.4 Å². The first-order valence-electron chi connectivity index (χ1n) is 14.0. The van der Waals surface area contributed by atoms with Crippen molar-refractivity contribution in [3.63, 3.8) is 0 Å². The molecule has 0 N–H and O–H groups in total. The van der Waals surface area contributed by atoms with Gasteiger partial charge < -0.3 is 9.80 Å². The summed E-state index contributed by atoms with van der Waals surface area (Å²) in [5, 5.41) is 12.4. The minimum atomic E-state index is -0.422. The standard InChI is InChI=1S/C34H31Cl3N4O2/c1-6-31(42)39-13-14-40(20(4)18-39)33-25-15-28(36)24(23-11-12-27(35)32(37)21(23)5)16-30(25)41(34(43)26(33)17-38)29-10-8-7-9-22(29)19(2)3/h6-12,15-16,19-20H,1,13-14,18H2,2-5H3/t20-/m0/s1. The van der Waals surface area contributed by atoms with E-state index in [0.717, 1.165) is 16.7 Å². The minimum Gasteiger partial charge on any atom is -0.363 e. The zero-order valence-electron chi connectivity index (χ0n) is 24.4. The Morgan fingerprint density at radius 1 is 1.07 bits per heavy atom. The number of para-hydroxylation sites is 1. The number of carbonyl (C=O) groups is 1. The summed E-state index contributed by atoms with van der Waals surface area (Å²) in [5.74, 6) is -0.0369. The quantitative estimate of drug-likeness (QED) is 0.208. The molecule has 4 aromatic rings. The lowest BCUT2D eigenvalue weighted by molar-refractivity contribution is -0.126. The van der Waals surface area contributed by atoms with Gasteiger partial charge in [-0.2, -0.15) is 5.26 Å². The average Bonchev–Trinajstić information content (AvgIpc) is 2.99. The summed E-state index contributed by atoms with van der Waals surface area (Å²) in [6.07, 6.45) is 1.30. The minimum absolute atomic E-state index is 0.0240. The summed E-state index contributed by atoms with van der Waals surface area (Å²) in [4.78, 5) is 30.6. The molecule has 1 atom stereocenters. The number of hydrogen-bond donors (Lipinski definition) is 0. The van der Waals surface area contributed by atoms with E-state index >= 15 is 0 Å². The van der Waals surface area contributed by atoms with Gasteiger partial charge in [0.05, 0.1) is 26.9 Å². The van der Waals surface area contributed by atoms with Crippen LogP contribution in [0, 0.1) is 18.3 Å². The van der Waals surface area contributed by atoms with E-state index < -0.39 is 5.56 Å². The van der Waals surface area contributed by atoms with E-state index in [0.29, 0.717) is 62.5 Å². The van der Waals surface area contributed by atoms with Gasteiger partial charge in [0.1, 0.15) is 11.6 Å². The van der Waals surface area contributed by atoms with Gasteiger partial charge in [-0.25, -0.2) is 0 Å². The van der Waals surface area contributed by atoms with Gasteiger partial charge >= 0.3 is 0 Å². The summed E-state index contributed by atoms with van der Waals surface area (Å²) in [7, 11) is 0. The number of piperazine rings is 1. The molecule has 0 unspecified atom stereocenters. The summed E-state index contributed by atoms with van der Waals surface area (Å²) >= 11 is 19.8. The molecule has 3 aromatic carbocycles. The van der Waals surface area contributed by atoms with E-state index in [-0.39, 0.29) is 23.4 Å². The normalized spacial score (nSPS) is 15.2. The van der Waals surface area contributed by atoms with Crippen molar-refractivity contribution in [3.05, 3.63) is 103 Å². The van der Waals surface area contributed by atoms with Crippen LogP contribution in [0.15, 0.2) is 66.0 Å². The molecule has 0 spiro atoms. The molecule has 43 heavy (non-hydrogen) atoms. The number of nitriles is 1. The van der Waals surface area contributed by atoms with Crippen LogP contribution in [0.25, 0.3) is 27.7 Å². The van der Waals surface area contributed by atoms with Crippen LogP contribution in [-0.4, -0.2) is 41.1 Å². The molecule has 1 aliphatic heterocycles. The first-order valence-corrected chi connectivity index (χ1v) is 15.2. The van der Waals surface area contributed by atoms with Crippen molar-refractivity contribution in [2.75, 3.05) is 24.5 Å². The Kier molecular flexibility index (Phi) is 8.63. The lowest BCUT2D eigenvalue weighted by Crippen LogP contribution is -2.54. The number of carbonyl (C=O) groups excluding carboxylic acids is 1. The number of hydrogen-bond acceptors (Lipinski definition) is 4. The number of nitrogens with zero attached hydrogens (tertiary/aromatic N) is 4. The molecule has 6 nitrogen and oxygen atoms in total. The van der Waals surface area contributed by atoms with Crippen LogP contribution in [0.5, 0.6) is 0 Å². The largest absolute Gasteiger partial charge is 0.363 e. The van der Waals surface area contributed by atoms with E-state index in [1.165, 1.54) is 6.08 Å². The highest BCUT2D eigenvalue weighted by Crippen LogP contribution is 2.42. The predicted octanol–water partition coefficient (Wildman–Crippen LogP) is 8.14. The zero-order valence-corrected chi connectivity index (χ0v) is 26.7. The third-order valence-corrected chi connectivity index (χ3v) is 9.39. The van der Waals surface area contributed by atoms with E-state index in [9.17, 15) is 14.9 Å². The smallest absolute Gasteiger partial charge is 0.275 e. The molecule has 1 saturated heterocycles. The summed E-state index contributed by atoms with van der Waals surface area (Å²) in [6, 6.07) is 17.1. The Hall–Kier alpha value is -3.76. The monoisotopic (exact) mass is 632 g/mol. The third-order valence-electron chi connectivity index (χ3n) is 8.18. The maximum absolute atomic E-state index is 14.4. The van der Waals surface area contributed by atoms with Gasteiger partial charge in [0.25, 0.3) is 5.56 Å². The van der Waals surface area contributed by atoms with Crippen molar-refractivity contribution in [1.29, 1.82) is 5.26 Å². The van der Waals surface area contributed by atoms with E-state index in [1.807, 2.05) is 61.2 Å². The molecule has 2 heterocycles. The third kappa shape index (κ3) is 5.31. The fraction of sp³-hybridized carbons (Fsp3) is 0.265. The van der Waals surface area contributed by atoms with Crippen LogP contribution in [-0.2, 0) is 4.79 Å². The van der Waals surface area contributed by atoms with Crippen molar-refractivity contribution in [3.8, 4) is 22.9 Å². The van der Waals surface area contributed by atoms with Crippen LogP contribution in [0.4, 0.5) is 5.69 Å². The molecule has 9 heteroatoms. The van der Waals surface area contributed by atoms with Gasteiger partial charge in [-0.15, -0.1) is 0 Å². The Morgan fingerprint density at radius 3 is 2.44 bits per heavy atom. The second-order valence-electron chi connectivity index (χ2n) is 11.1. The Balaban J connectivity index is 1.88. The Labute approximate surface area is 266 Å². The van der Waals surface area contributed by atoms with Crippen molar-refractivity contribution >= 4 is 57.3 Å². The van der Waals surface area contributed by atoms with E-state index in [1.54, 1.807) is 15.5 Å². The fourth-order valence-corrected chi connectivity index (χ4v) is 6.62. The second-order valence-corrected chi connectivity index (χ2v) is 12.3. The number of pyridine rings is 1. The zero-order chi connectivity index (χ0) is 31.2. The fourth-order valence-electron chi connectivity index (χ4n) is 5.98. The van der Waals surface area contributed by atoms with Gasteiger partial charge in [-0.1, -0.05) is 79.5 Å². The molecular weight excluding hydrogens is 603 g/mol. The maximum atomic E-state index is 14.4. The molecule has 1 aromatic heterocycles. The average molecular weight is 634 g/mol. The molecule has 1 fully saturated rings. The summed E-state index contributed by atoms with van der Waals surface area (Å²) < 4.78 is 1.63. The van der Waals surface area contributed by atoms with Crippen molar-refractivity contribution in [2.45, 2.75) is 39.7 Å². The number of anilines is 1. The molecule has 0 radical (unpaired) electrons. The highest BCUT2D eigenvalue weighted by atomic mass is 35.5. The number of aromatic nitrogens is 1.